The minimum absolute atomic E-state index is 0.0239. The van der Waals surface area contributed by atoms with Crippen molar-refractivity contribution in [1.29, 1.82) is 0 Å². The molecule has 0 saturated heterocycles. The molecule has 1 aromatic heterocycles. The van der Waals surface area contributed by atoms with Crippen molar-refractivity contribution >= 4 is 63.3 Å². The third kappa shape index (κ3) is 4.34. The summed E-state index contributed by atoms with van der Waals surface area (Å²) in [4.78, 5) is 25.1. The van der Waals surface area contributed by atoms with Crippen molar-refractivity contribution in [2.45, 2.75) is 31.7 Å². The summed E-state index contributed by atoms with van der Waals surface area (Å²) in [7, 11) is 2.13. The number of hydrogen-bond acceptors (Lipinski definition) is 6. The van der Waals surface area contributed by atoms with Crippen molar-refractivity contribution in [2.24, 2.45) is 0 Å². The fourth-order valence-electron chi connectivity index (χ4n) is 4.96. The van der Waals surface area contributed by atoms with E-state index in [1.54, 1.807) is 6.20 Å². The van der Waals surface area contributed by atoms with Crippen molar-refractivity contribution in [1.82, 2.24) is 14.9 Å². The number of benzene rings is 2. The average Bonchev–Trinajstić information content (AvgIpc) is 3.07. The van der Waals surface area contributed by atoms with Crippen LogP contribution in [0.4, 0.5) is 23.1 Å². The van der Waals surface area contributed by atoms with Crippen molar-refractivity contribution in [3.05, 3.63) is 67.9 Å². The molecule has 0 radical (unpaired) electrons. The topological polar surface area (TPSA) is 81.6 Å². The second-order valence-corrected chi connectivity index (χ2v) is 10.9. The maximum atomic E-state index is 11.6. The van der Waals surface area contributed by atoms with Gasteiger partial charge < -0.3 is 20.2 Å². The molecule has 3 heterocycles. The molecule has 7 nitrogen and oxygen atoms in total. The Morgan fingerprint density at radius 2 is 2.09 bits per heavy atom. The zero-order valence-corrected chi connectivity index (χ0v) is 21.9. The van der Waals surface area contributed by atoms with Crippen LogP contribution in [0.1, 0.15) is 30.0 Å². The highest BCUT2D eigenvalue weighted by molar-refractivity contribution is 14.1. The minimum Gasteiger partial charge on any atom is -0.481 e. The number of aliphatic carboxylic acids is 1. The highest BCUT2D eigenvalue weighted by atomic mass is 127. The molecule has 0 fully saturated rings. The Balaban J connectivity index is 1.49. The fourth-order valence-corrected chi connectivity index (χ4v) is 5.82. The Morgan fingerprint density at radius 3 is 2.88 bits per heavy atom. The number of carboxylic acids is 1. The van der Waals surface area contributed by atoms with Crippen molar-refractivity contribution in [3.63, 3.8) is 0 Å². The van der Waals surface area contributed by atoms with E-state index in [-0.39, 0.29) is 6.42 Å². The first-order chi connectivity index (χ1) is 16.2. The molecule has 0 amide bonds. The van der Waals surface area contributed by atoms with Crippen LogP contribution in [0.3, 0.4) is 0 Å². The third-order valence-electron chi connectivity index (χ3n) is 6.61. The Bertz CT molecular complexity index is 1290. The van der Waals surface area contributed by atoms with Crippen LogP contribution in [0.15, 0.2) is 42.6 Å². The van der Waals surface area contributed by atoms with Gasteiger partial charge in [0.05, 0.1) is 18.3 Å². The van der Waals surface area contributed by atoms with Gasteiger partial charge in [-0.05, 0) is 70.9 Å². The van der Waals surface area contributed by atoms with E-state index in [0.717, 1.165) is 40.0 Å². The standard InChI is InChI=1S/C25H25ClIN5O2/c1-25(11-22(33)34)14-32(21-6-4-3-5-17(21)25)23-18(26)12-28-24(30-23)29-20-10-16-13-31(2)8-7-15(16)9-19(20)27/h3-6,9-10,12H,7-8,11,13-14H2,1-2H3,(H,33,34)(H,28,29,30). The SMILES string of the molecule is CN1CCc2cc(I)c(Nc3ncc(Cl)c(N4CC(C)(CC(=O)O)c5ccccc54)n3)cc2C1. The van der Waals surface area contributed by atoms with Crippen LogP contribution in [0.2, 0.25) is 5.02 Å². The van der Waals surface area contributed by atoms with E-state index in [1.807, 2.05) is 36.1 Å². The number of fused-ring (bicyclic) bond motifs is 2. The molecular weight excluding hydrogens is 565 g/mol. The van der Waals surface area contributed by atoms with Gasteiger partial charge in [0.2, 0.25) is 5.95 Å². The smallest absolute Gasteiger partial charge is 0.304 e. The molecule has 2 aliphatic rings. The second-order valence-electron chi connectivity index (χ2n) is 9.31. The highest BCUT2D eigenvalue weighted by Gasteiger charge is 2.42. The lowest BCUT2D eigenvalue weighted by atomic mass is 9.81. The highest BCUT2D eigenvalue weighted by Crippen LogP contribution is 2.47. The predicted molar refractivity (Wildman–Crippen MR) is 143 cm³/mol. The quantitative estimate of drug-likeness (QED) is 0.389. The Kier molecular flexibility index (Phi) is 6.16. The van der Waals surface area contributed by atoms with Gasteiger partial charge in [0.15, 0.2) is 5.82 Å². The van der Waals surface area contributed by atoms with Crippen LogP contribution < -0.4 is 10.2 Å². The summed E-state index contributed by atoms with van der Waals surface area (Å²) in [5, 5.41) is 13.3. The lowest BCUT2D eigenvalue weighted by Crippen LogP contribution is -2.31. The molecule has 9 heteroatoms. The first-order valence-electron chi connectivity index (χ1n) is 11.1. The van der Waals surface area contributed by atoms with E-state index in [9.17, 15) is 9.90 Å². The van der Waals surface area contributed by atoms with Crippen molar-refractivity contribution < 1.29 is 9.90 Å². The van der Waals surface area contributed by atoms with Crippen LogP contribution in [0, 0.1) is 3.57 Å². The molecule has 0 aliphatic carbocycles. The molecule has 0 bridgehead atoms. The van der Waals surface area contributed by atoms with Gasteiger partial charge in [-0.25, -0.2) is 4.98 Å². The van der Waals surface area contributed by atoms with E-state index in [1.165, 1.54) is 11.1 Å². The molecule has 0 spiro atoms. The van der Waals surface area contributed by atoms with E-state index in [4.69, 9.17) is 16.6 Å². The predicted octanol–water partition coefficient (Wildman–Crippen LogP) is 5.35. The normalized spacial score (nSPS) is 19.6. The summed E-state index contributed by atoms with van der Waals surface area (Å²) in [6, 6.07) is 12.3. The van der Waals surface area contributed by atoms with Gasteiger partial charge in [0.1, 0.15) is 5.02 Å². The van der Waals surface area contributed by atoms with Gasteiger partial charge in [-0.2, -0.15) is 4.98 Å². The first-order valence-corrected chi connectivity index (χ1v) is 12.6. The number of hydrogen-bond donors (Lipinski definition) is 2. The lowest BCUT2D eigenvalue weighted by molar-refractivity contribution is -0.138. The fraction of sp³-hybridized carbons (Fsp3) is 0.320. The summed E-state index contributed by atoms with van der Waals surface area (Å²) in [6.45, 7) is 4.43. The number of halogens is 2. The summed E-state index contributed by atoms with van der Waals surface area (Å²) in [5.41, 5.74) is 5.00. The van der Waals surface area contributed by atoms with E-state index >= 15 is 0 Å². The number of nitrogens with zero attached hydrogens (tertiary/aromatic N) is 4. The largest absolute Gasteiger partial charge is 0.481 e. The van der Waals surface area contributed by atoms with Crippen LogP contribution in [0.25, 0.3) is 0 Å². The maximum absolute atomic E-state index is 11.6. The van der Waals surface area contributed by atoms with E-state index < -0.39 is 11.4 Å². The number of aromatic nitrogens is 2. The van der Waals surface area contributed by atoms with Crippen LogP contribution in [-0.4, -0.2) is 46.1 Å². The maximum Gasteiger partial charge on any atom is 0.304 e. The molecule has 2 N–H and O–H groups in total. The lowest BCUT2D eigenvalue weighted by Gasteiger charge is -2.26. The molecule has 3 aromatic rings. The minimum atomic E-state index is -0.831. The Morgan fingerprint density at radius 1 is 1.29 bits per heavy atom. The number of rotatable bonds is 5. The summed E-state index contributed by atoms with van der Waals surface area (Å²) in [6.07, 6.45) is 2.67. The molecular formula is C25H25ClIN5O2. The van der Waals surface area contributed by atoms with Crippen LogP contribution in [-0.2, 0) is 23.2 Å². The number of para-hydroxylation sites is 1. The monoisotopic (exact) mass is 589 g/mol. The van der Waals surface area contributed by atoms with Gasteiger partial charge in [-0.3, -0.25) is 4.79 Å². The number of carboxylic acid groups (broad SMARTS) is 1. The third-order valence-corrected chi connectivity index (χ3v) is 7.77. The molecule has 1 unspecified atom stereocenters. The summed E-state index contributed by atoms with van der Waals surface area (Å²) < 4.78 is 1.11. The summed E-state index contributed by atoms with van der Waals surface area (Å²) in [5.74, 6) is 0.183. The number of likely N-dealkylation sites (N-methyl/N-ethyl adjacent to an activating group) is 1. The number of nitrogens with one attached hydrogen (secondary N) is 1. The van der Waals surface area contributed by atoms with Gasteiger partial charge in [0.25, 0.3) is 0 Å². The first kappa shape index (κ1) is 23.3. The molecule has 2 aromatic carbocycles. The van der Waals surface area contributed by atoms with Gasteiger partial charge in [-0.1, -0.05) is 36.7 Å². The van der Waals surface area contributed by atoms with Crippen LogP contribution >= 0.6 is 34.2 Å². The zero-order valence-electron chi connectivity index (χ0n) is 19.0. The number of anilines is 4. The Labute approximate surface area is 217 Å². The Hall–Kier alpha value is -2.43. The van der Waals surface area contributed by atoms with Crippen molar-refractivity contribution in [3.8, 4) is 0 Å². The van der Waals surface area contributed by atoms with Gasteiger partial charge in [0, 0.05) is 34.3 Å². The van der Waals surface area contributed by atoms with Crippen molar-refractivity contribution in [2.75, 3.05) is 30.4 Å². The number of carbonyl (C=O) groups is 1. The summed E-state index contributed by atoms with van der Waals surface area (Å²) >= 11 is 8.91. The van der Waals surface area contributed by atoms with Crippen LogP contribution in [0.5, 0.6) is 0 Å². The average molecular weight is 590 g/mol. The van der Waals surface area contributed by atoms with Gasteiger partial charge >= 0.3 is 5.97 Å². The van der Waals surface area contributed by atoms with E-state index in [0.29, 0.717) is 23.3 Å². The zero-order chi connectivity index (χ0) is 24.0. The molecule has 0 saturated carbocycles. The molecule has 5 rings (SSSR count). The molecule has 176 valence electrons. The van der Waals surface area contributed by atoms with E-state index in [2.05, 4.69) is 57.0 Å². The molecule has 1 atom stereocenters. The van der Waals surface area contributed by atoms with Gasteiger partial charge in [-0.15, -0.1) is 0 Å². The second kappa shape index (κ2) is 8.98. The molecule has 2 aliphatic heterocycles. The molecule has 34 heavy (non-hydrogen) atoms.